The lowest BCUT2D eigenvalue weighted by Gasteiger charge is -2.38. The van der Waals surface area contributed by atoms with Gasteiger partial charge in [-0.2, -0.15) is 13.2 Å². The highest BCUT2D eigenvalue weighted by Gasteiger charge is 2.37. The second-order valence-corrected chi connectivity index (χ2v) is 6.77. The zero-order chi connectivity index (χ0) is 17.0. The first-order valence-corrected chi connectivity index (χ1v) is 8.77. The van der Waals surface area contributed by atoms with Crippen LogP contribution in [-0.2, 0) is 22.9 Å². The van der Waals surface area contributed by atoms with Gasteiger partial charge in [0.25, 0.3) is 0 Å². The molecule has 24 heavy (non-hydrogen) atoms. The van der Waals surface area contributed by atoms with Gasteiger partial charge in [-0.3, -0.25) is 0 Å². The minimum absolute atomic E-state index is 0.338. The molecule has 1 aliphatic rings. The molecule has 1 aromatic carbocycles. The van der Waals surface area contributed by atoms with Crippen LogP contribution in [0.3, 0.4) is 0 Å². The fourth-order valence-corrected chi connectivity index (χ4v) is 3.67. The van der Waals surface area contributed by atoms with E-state index in [1.165, 1.54) is 23.5 Å². The zero-order valence-electron chi connectivity index (χ0n) is 13.1. The molecule has 0 bridgehead atoms. The first kappa shape index (κ1) is 17.4. The van der Waals surface area contributed by atoms with Gasteiger partial charge in [-0.05, 0) is 24.5 Å². The molecule has 2 aromatic rings. The number of ether oxygens (including phenoxy) is 1. The summed E-state index contributed by atoms with van der Waals surface area (Å²) in [5, 5.41) is 5.33. The molecule has 3 rings (SSSR count). The van der Waals surface area contributed by atoms with E-state index in [4.69, 9.17) is 4.74 Å². The molecule has 1 aromatic heterocycles. The van der Waals surface area contributed by atoms with Crippen LogP contribution in [0.5, 0.6) is 0 Å². The van der Waals surface area contributed by atoms with Gasteiger partial charge in [0.1, 0.15) is 0 Å². The van der Waals surface area contributed by atoms with Crippen LogP contribution in [0, 0.1) is 0 Å². The van der Waals surface area contributed by atoms with Crippen LogP contribution in [-0.4, -0.2) is 24.7 Å². The van der Waals surface area contributed by atoms with Gasteiger partial charge in [-0.1, -0.05) is 18.2 Å². The van der Waals surface area contributed by atoms with Crippen LogP contribution >= 0.6 is 11.3 Å². The Morgan fingerprint density at radius 3 is 2.71 bits per heavy atom. The van der Waals surface area contributed by atoms with E-state index in [0.717, 1.165) is 17.3 Å². The molecule has 1 aliphatic heterocycles. The van der Waals surface area contributed by atoms with Crippen LogP contribution in [0.1, 0.15) is 29.7 Å². The summed E-state index contributed by atoms with van der Waals surface area (Å²) in [7, 11) is 0. The summed E-state index contributed by atoms with van der Waals surface area (Å²) in [4.78, 5) is 4.22. The van der Waals surface area contributed by atoms with Crippen molar-refractivity contribution in [3.8, 4) is 0 Å². The third-order valence-corrected chi connectivity index (χ3v) is 5.14. The summed E-state index contributed by atoms with van der Waals surface area (Å²) in [6.07, 6.45) is -2.91. The summed E-state index contributed by atoms with van der Waals surface area (Å²) in [5.41, 5.74) is 2.52. The number of nitrogens with zero attached hydrogens (tertiary/aromatic N) is 1. The number of halogens is 3. The SMILES string of the molecule is FC(F)(F)c1cccc(C2(CNCc3cscn3)CCOCC2)c1. The Hall–Kier alpha value is -1.44. The normalized spacial score (nSPS) is 17.8. The molecule has 0 saturated carbocycles. The highest BCUT2D eigenvalue weighted by molar-refractivity contribution is 7.07. The van der Waals surface area contributed by atoms with Crippen molar-refractivity contribution in [2.24, 2.45) is 0 Å². The lowest BCUT2D eigenvalue weighted by molar-refractivity contribution is -0.137. The highest BCUT2D eigenvalue weighted by Crippen LogP contribution is 2.37. The fourth-order valence-electron chi connectivity index (χ4n) is 3.11. The first-order valence-electron chi connectivity index (χ1n) is 7.83. The third kappa shape index (κ3) is 3.96. The lowest BCUT2D eigenvalue weighted by Crippen LogP contribution is -2.42. The maximum Gasteiger partial charge on any atom is 0.416 e. The topological polar surface area (TPSA) is 34.2 Å². The zero-order valence-corrected chi connectivity index (χ0v) is 13.9. The van der Waals surface area contributed by atoms with Crippen molar-refractivity contribution < 1.29 is 17.9 Å². The third-order valence-electron chi connectivity index (χ3n) is 4.51. The van der Waals surface area contributed by atoms with Crippen molar-refractivity contribution in [1.29, 1.82) is 0 Å². The largest absolute Gasteiger partial charge is 0.416 e. The molecule has 3 nitrogen and oxygen atoms in total. The molecular weight excluding hydrogens is 337 g/mol. The number of hydrogen-bond acceptors (Lipinski definition) is 4. The van der Waals surface area contributed by atoms with Crippen molar-refractivity contribution in [3.63, 3.8) is 0 Å². The molecule has 1 fully saturated rings. The van der Waals surface area contributed by atoms with Gasteiger partial charge in [-0.15, -0.1) is 11.3 Å². The van der Waals surface area contributed by atoms with Gasteiger partial charge in [0.05, 0.1) is 16.8 Å². The van der Waals surface area contributed by atoms with Crippen molar-refractivity contribution >= 4 is 11.3 Å². The quantitative estimate of drug-likeness (QED) is 0.879. The Kier molecular flexibility index (Phi) is 5.22. The smallest absolute Gasteiger partial charge is 0.381 e. The highest BCUT2D eigenvalue weighted by atomic mass is 32.1. The maximum atomic E-state index is 13.1. The molecule has 130 valence electrons. The van der Waals surface area contributed by atoms with Crippen LogP contribution in [0.25, 0.3) is 0 Å². The molecule has 7 heteroatoms. The number of benzene rings is 1. The van der Waals surface area contributed by atoms with Crippen LogP contribution < -0.4 is 5.32 Å². The molecule has 0 atom stereocenters. The first-order chi connectivity index (χ1) is 11.5. The average Bonchev–Trinajstić information content (AvgIpc) is 3.08. The summed E-state index contributed by atoms with van der Waals surface area (Å²) < 4.78 is 44.6. The van der Waals surface area contributed by atoms with E-state index in [1.54, 1.807) is 11.6 Å². The Morgan fingerprint density at radius 1 is 1.25 bits per heavy atom. The van der Waals surface area contributed by atoms with E-state index in [9.17, 15) is 13.2 Å². The fraction of sp³-hybridized carbons (Fsp3) is 0.471. The maximum absolute atomic E-state index is 13.1. The molecule has 0 amide bonds. The van der Waals surface area contributed by atoms with Crippen LogP contribution in [0.2, 0.25) is 0 Å². The molecule has 2 heterocycles. The van der Waals surface area contributed by atoms with Gasteiger partial charge in [0.15, 0.2) is 0 Å². The minimum atomic E-state index is -4.32. The van der Waals surface area contributed by atoms with E-state index in [-0.39, 0.29) is 5.41 Å². The lowest BCUT2D eigenvalue weighted by atomic mass is 9.73. The second kappa shape index (κ2) is 7.21. The van der Waals surface area contributed by atoms with Crippen molar-refractivity contribution in [3.05, 3.63) is 52.0 Å². The molecular formula is C17H19F3N2OS. The number of hydrogen-bond donors (Lipinski definition) is 1. The Morgan fingerprint density at radius 2 is 2.04 bits per heavy atom. The Balaban J connectivity index is 1.80. The van der Waals surface area contributed by atoms with Crippen LogP contribution in [0.4, 0.5) is 13.2 Å². The Labute approximate surface area is 142 Å². The number of aromatic nitrogens is 1. The van der Waals surface area contributed by atoms with Crippen molar-refractivity contribution in [2.45, 2.75) is 31.0 Å². The molecule has 1 N–H and O–H groups in total. The molecule has 0 aliphatic carbocycles. The second-order valence-electron chi connectivity index (χ2n) is 6.05. The number of rotatable bonds is 5. The summed E-state index contributed by atoms with van der Waals surface area (Å²) in [6, 6.07) is 5.70. The van der Waals surface area contributed by atoms with Gasteiger partial charge in [0.2, 0.25) is 0 Å². The van der Waals surface area contributed by atoms with Gasteiger partial charge < -0.3 is 10.1 Å². The molecule has 0 unspecified atom stereocenters. The number of thiazole rings is 1. The van der Waals surface area contributed by atoms with E-state index < -0.39 is 11.7 Å². The molecule has 0 radical (unpaired) electrons. The monoisotopic (exact) mass is 356 g/mol. The number of alkyl halides is 3. The average molecular weight is 356 g/mol. The van der Waals surface area contributed by atoms with E-state index in [2.05, 4.69) is 10.3 Å². The summed E-state index contributed by atoms with van der Waals surface area (Å²) in [6.45, 7) is 2.35. The standard InChI is InChI=1S/C17H19F3N2OS/c18-17(19,20)14-3-1-2-13(8-14)16(4-6-23-7-5-16)11-21-9-15-10-24-12-22-15/h1-3,8,10,12,21H,4-7,9,11H2. The number of nitrogens with one attached hydrogen (secondary N) is 1. The van der Waals surface area contributed by atoms with Crippen molar-refractivity contribution in [1.82, 2.24) is 10.3 Å². The predicted octanol–water partition coefficient (Wildman–Crippen LogP) is 4.00. The van der Waals surface area contributed by atoms with Crippen molar-refractivity contribution in [2.75, 3.05) is 19.8 Å². The molecule has 0 spiro atoms. The summed E-state index contributed by atoms with van der Waals surface area (Å²) >= 11 is 1.53. The Bertz CT molecular complexity index is 652. The van der Waals surface area contributed by atoms with E-state index >= 15 is 0 Å². The van der Waals surface area contributed by atoms with Gasteiger partial charge >= 0.3 is 6.18 Å². The minimum Gasteiger partial charge on any atom is -0.381 e. The van der Waals surface area contributed by atoms with Crippen LogP contribution in [0.15, 0.2) is 35.2 Å². The van der Waals surface area contributed by atoms with E-state index in [0.29, 0.717) is 39.1 Å². The van der Waals surface area contributed by atoms with Gasteiger partial charge in [-0.25, -0.2) is 4.98 Å². The van der Waals surface area contributed by atoms with E-state index in [1.807, 2.05) is 5.38 Å². The summed E-state index contributed by atoms with van der Waals surface area (Å²) in [5.74, 6) is 0. The van der Waals surface area contributed by atoms with Gasteiger partial charge in [0, 0.05) is 37.1 Å². The molecule has 1 saturated heterocycles. The predicted molar refractivity (Wildman–Crippen MR) is 87.0 cm³/mol.